The summed E-state index contributed by atoms with van der Waals surface area (Å²) in [5, 5.41) is 3.26. The van der Waals surface area contributed by atoms with E-state index in [1.807, 2.05) is 6.92 Å². The lowest BCUT2D eigenvalue weighted by Crippen LogP contribution is -2.08. The summed E-state index contributed by atoms with van der Waals surface area (Å²) in [6, 6.07) is 0. The van der Waals surface area contributed by atoms with Crippen molar-refractivity contribution in [1.29, 1.82) is 0 Å². The van der Waals surface area contributed by atoms with Gasteiger partial charge < -0.3 is 19.8 Å². The number of H-pyrrole nitrogens is 1. The Morgan fingerprint density at radius 3 is 2.69 bits per heavy atom. The molecule has 0 unspecified atom stereocenters. The lowest BCUT2D eigenvalue weighted by atomic mass is 10.1. The molecular weight excluding hydrogens is 396 g/mol. The average molecular weight is 416 g/mol. The fourth-order valence-electron chi connectivity index (χ4n) is 2.94. The molecule has 3 heterocycles. The molecule has 1 amide bonds. The standard InChI is InChI=1S/C19H20N4O5S/c1-5-28-18(26)14-9(3)13(17(25)27-4)12(21-14)7-10-11-8-20-19(29-6-2)23-15(11)22-16(10)24/h7-8,21H,5-6H2,1-4H3,(H,20,22,23,24). The molecule has 0 aromatic carbocycles. The number of nitrogens with zero attached hydrogens (tertiary/aromatic N) is 2. The van der Waals surface area contributed by atoms with E-state index in [0.717, 1.165) is 5.75 Å². The number of carbonyl (C=O) groups excluding carboxylic acids is 3. The van der Waals surface area contributed by atoms with E-state index in [1.165, 1.54) is 24.9 Å². The van der Waals surface area contributed by atoms with Gasteiger partial charge in [0.1, 0.15) is 11.5 Å². The number of rotatable bonds is 6. The van der Waals surface area contributed by atoms with Gasteiger partial charge in [0.15, 0.2) is 5.16 Å². The lowest BCUT2D eigenvalue weighted by Gasteiger charge is -2.02. The number of amides is 1. The third kappa shape index (κ3) is 3.88. The number of aromatic amines is 1. The van der Waals surface area contributed by atoms with E-state index in [9.17, 15) is 14.4 Å². The van der Waals surface area contributed by atoms with E-state index < -0.39 is 11.9 Å². The highest BCUT2D eigenvalue weighted by molar-refractivity contribution is 7.99. The van der Waals surface area contributed by atoms with Gasteiger partial charge in [0.05, 0.1) is 30.5 Å². The molecule has 0 bridgehead atoms. The van der Waals surface area contributed by atoms with Gasteiger partial charge in [0, 0.05) is 11.8 Å². The molecule has 0 aliphatic carbocycles. The van der Waals surface area contributed by atoms with Crippen molar-refractivity contribution in [3.63, 3.8) is 0 Å². The maximum absolute atomic E-state index is 12.5. The summed E-state index contributed by atoms with van der Waals surface area (Å²) in [7, 11) is 1.24. The number of anilines is 1. The smallest absolute Gasteiger partial charge is 0.355 e. The molecule has 0 fully saturated rings. The predicted octanol–water partition coefficient (Wildman–Crippen LogP) is 2.68. The Hall–Kier alpha value is -3.14. The van der Waals surface area contributed by atoms with Gasteiger partial charge in [-0.25, -0.2) is 19.6 Å². The quantitative estimate of drug-likeness (QED) is 0.319. The number of methoxy groups -OCH3 is 1. The van der Waals surface area contributed by atoms with E-state index in [0.29, 0.717) is 22.1 Å². The van der Waals surface area contributed by atoms with Crippen LogP contribution in [0.2, 0.25) is 0 Å². The first-order chi connectivity index (χ1) is 13.9. The second-order valence-corrected chi connectivity index (χ2v) is 7.22. The van der Waals surface area contributed by atoms with E-state index in [2.05, 4.69) is 20.3 Å². The van der Waals surface area contributed by atoms with Crippen LogP contribution in [0.25, 0.3) is 11.6 Å². The van der Waals surface area contributed by atoms with Crippen molar-refractivity contribution in [3.05, 3.63) is 34.3 Å². The molecular formula is C19H20N4O5S. The fourth-order valence-corrected chi connectivity index (χ4v) is 3.48. The van der Waals surface area contributed by atoms with Crippen LogP contribution in [0.1, 0.15) is 51.5 Å². The van der Waals surface area contributed by atoms with Crippen LogP contribution in [-0.4, -0.2) is 52.3 Å². The van der Waals surface area contributed by atoms with Crippen molar-refractivity contribution < 1.29 is 23.9 Å². The number of nitrogens with one attached hydrogen (secondary N) is 2. The molecule has 2 aromatic heterocycles. The Morgan fingerprint density at radius 2 is 2.03 bits per heavy atom. The predicted molar refractivity (Wildman–Crippen MR) is 108 cm³/mol. The first kappa shape index (κ1) is 20.6. The zero-order valence-corrected chi connectivity index (χ0v) is 17.2. The van der Waals surface area contributed by atoms with Gasteiger partial charge in [-0.3, -0.25) is 4.79 Å². The van der Waals surface area contributed by atoms with E-state index in [4.69, 9.17) is 9.47 Å². The number of thioether (sulfide) groups is 1. The first-order valence-corrected chi connectivity index (χ1v) is 9.91. The molecule has 2 N–H and O–H groups in total. The zero-order chi connectivity index (χ0) is 21.1. The summed E-state index contributed by atoms with van der Waals surface area (Å²) < 4.78 is 9.88. The molecule has 1 aliphatic rings. The molecule has 152 valence electrons. The molecule has 9 nitrogen and oxygen atoms in total. The van der Waals surface area contributed by atoms with Crippen LogP contribution < -0.4 is 5.32 Å². The normalized spacial score (nSPS) is 13.9. The summed E-state index contributed by atoms with van der Waals surface area (Å²) in [5.74, 6) is -0.406. The molecule has 0 saturated heterocycles. The maximum Gasteiger partial charge on any atom is 0.355 e. The maximum atomic E-state index is 12.5. The van der Waals surface area contributed by atoms with Gasteiger partial charge >= 0.3 is 11.9 Å². The highest BCUT2D eigenvalue weighted by Gasteiger charge is 2.29. The van der Waals surface area contributed by atoms with E-state index in [-0.39, 0.29) is 35.0 Å². The van der Waals surface area contributed by atoms with Crippen LogP contribution in [0.4, 0.5) is 5.82 Å². The number of ether oxygens (including phenoxy) is 2. The summed E-state index contributed by atoms with van der Waals surface area (Å²) in [6.07, 6.45) is 3.04. The highest BCUT2D eigenvalue weighted by Crippen LogP contribution is 2.33. The van der Waals surface area contributed by atoms with Crippen molar-refractivity contribution >= 4 is 47.1 Å². The Kier molecular flexibility index (Phi) is 6.02. The summed E-state index contributed by atoms with van der Waals surface area (Å²) in [4.78, 5) is 48.5. The number of carbonyl (C=O) groups is 3. The minimum atomic E-state index is -0.634. The molecule has 29 heavy (non-hydrogen) atoms. The van der Waals surface area contributed by atoms with Crippen LogP contribution in [0.5, 0.6) is 0 Å². The highest BCUT2D eigenvalue weighted by atomic mass is 32.2. The Balaban J connectivity index is 2.11. The third-order valence-corrected chi connectivity index (χ3v) is 4.99. The summed E-state index contributed by atoms with van der Waals surface area (Å²) in [6.45, 7) is 5.46. The monoisotopic (exact) mass is 416 g/mol. The van der Waals surface area contributed by atoms with E-state index in [1.54, 1.807) is 20.0 Å². The van der Waals surface area contributed by atoms with Crippen molar-refractivity contribution in [2.24, 2.45) is 0 Å². The molecule has 0 atom stereocenters. The lowest BCUT2D eigenvalue weighted by molar-refractivity contribution is -0.110. The van der Waals surface area contributed by atoms with Crippen LogP contribution in [0.15, 0.2) is 11.4 Å². The van der Waals surface area contributed by atoms with Crippen molar-refractivity contribution in [2.75, 3.05) is 24.8 Å². The summed E-state index contributed by atoms with van der Waals surface area (Å²) in [5.41, 5.74) is 1.72. The molecule has 1 aliphatic heterocycles. The molecule has 2 aromatic rings. The second-order valence-electron chi connectivity index (χ2n) is 5.99. The largest absolute Gasteiger partial charge is 0.465 e. The van der Waals surface area contributed by atoms with Gasteiger partial charge in [-0.05, 0) is 31.2 Å². The fraction of sp³-hybridized carbons (Fsp3) is 0.316. The number of hydrogen-bond acceptors (Lipinski definition) is 8. The zero-order valence-electron chi connectivity index (χ0n) is 16.4. The van der Waals surface area contributed by atoms with Gasteiger partial charge in [0.25, 0.3) is 5.91 Å². The van der Waals surface area contributed by atoms with Crippen LogP contribution in [0, 0.1) is 6.92 Å². The van der Waals surface area contributed by atoms with Gasteiger partial charge in [0.2, 0.25) is 0 Å². The molecule has 3 rings (SSSR count). The Bertz CT molecular complexity index is 1030. The third-order valence-electron chi connectivity index (χ3n) is 4.24. The van der Waals surface area contributed by atoms with Gasteiger partial charge in [-0.2, -0.15) is 0 Å². The number of aromatic nitrogens is 3. The number of esters is 2. The van der Waals surface area contributed by atoms with Crippen LogP contribution in [-0.2, 0) is 14.3 Å². The molecule has 0 spiro atoms. The minimum Gasteiger partial charge on any atom is -0.465 e. The minimum absolute atomic E-state index is 0.128. The number of fused-ring (bicyclic) bond motifs is 1. The molecule has 10 heteroatoms. The van der Waals surface area contributed by atoms with Gasteiger partial charge in [-0.1, -0.05) is 18.7 Å². The molecule has 0 radical (unpaired) electrons. The van der Waals surface area contributed by atoms with Crippen molar-refractivity contribution in [1.82, 2.24) is 15.0 Å². The van der Waals surface area contributed by atoms with Crippen LogP contribution in [0.3, 0.4) is 0 Å². The Morgan fingerprint density at radius 1 is 1.28 bits per heavy atom. The summed E-state index contributed by atoms with van der Waals surface area (Å²) >= 11 is 1.46. The molecule has 0 saturated carbocycles. The number of hydrogen-bond donors (Lipinski definition) is 2. The van der Waals surface area contributed by atoms with E-state index >= 15 is 0 Å². The first-order valence-electron chi connectivity index (χ1n) is 8.92. The second kappa shape index (κ2) is 8.48. The Labute approximate surface area is 171 Å². The topological polar surface area (TPSA) is 123 Å². The van der Waals surface area contributed by atoms with Crippen molar-refractivity contribution in [3.8, 4) is 0 Å². The van der Waals surface area contributed by atoms with Crippen LogP contribution >= 0.6 is 11.8 Å². The SMILES string of the molecule is CCOC(=O)c1[nH]c(C=C2C(=O)Nc3nc(SCC)ncc32)c(C(=O)OC)c1C. The van der Waals surface area contributed by atoms with Crippen molar-refractivity contribution in [2.45, 2.75) is 25.9 Å². The average Bonchev–Trinajstić information content (AvgIpc) is 3.18. The van der Waals surface area contributed by atoms with Gasteiger partial charge in [-0.15, -0.1) is 0 Å².